The third-order valence-electron chi connectivity index (χ3n) is 1.17. The van der Waals surface area contributed by atoms with Crippen LogP contribution in [0.2, 0.25) is 0 Å². The number of hydrogen-bond donors (Lipinski definition) is 1. The molecule has 1 N–H and O–H groups in total. The first-order valence-electron chi connectivity index (χ1n) is 3.33. The van der Waals surface area contributed by atoms with Crippen LogP contribution in [0.1, 0.15) is 20.3 Å². The molecule has 0 aromatic rings. The van der Waals surface area contributed by atoms with Crippen molar-refractivity contribution in [2.75, 3.05) is 7.11 Å². The molecule has 0 aliphatic carbocycles. The smallest absolute Gasteiger partial charge is 0.334 e. The molecule has 0 saturated carbocycles. The lowest BCUT2D eigenvalue weighted by Gasteiger charge is -2.09. The summed E-state index contributed by atoms with van der Waals surface area (Å²) in [5.74, 6) is -0.234. The number of methoxy groups -OCH3 is 1. The zero-order chi connectivity index (χ0) is 8.15. The summed E-state index contributed by atoms with van der Waals surface area (Å²) in [7, 11) is 1.27. The lowest BCUT2D eigenvalue weighted by atomic mass is 10.1. The van der Waals surface area contributed by atoms with Crippen LogP contribution in [-0.2, 0) is 9.53 Å². The van der Waals surface area contributed by atoms with Crippen molar-refractivity contribution in [2.24, 2.45) is 5.92 Å². The molecule has 3 heteroatoms. The molecule has 0 amide bonds. The topological polar surface area (TPSA) is 46.5 Å². The van der Waals surface area contributed by atoms with Gasteiger partial charge in [0, 0.05) is 0 Å². The Balaban J connectivity index is 3.61. The molecule has 0 saturated heterocycles. The van der Waals surface area contributed by atoms with Gasteiger partial charge in [0.25, 0.3) is 0 Å². The summed E-state index contributed by atoms with van der Waals surface area (Å²) in [5.41, 5.74) is 0. The minimum atomic E-state index is -0.954. The fourth-order valence-corrected chi connectivity index (χ4v) is 0.679. The number of aliphatic hydroxyl groups excluding tert-OH is 1. The average molecular weight is 146 g/mol. The summed E-state index contributed by atoms with van der Waals surface area (Å²) < 4.78 is 4.32. The van der Waals surface area contributed by atoms with Gasteiger partial charge in [0.2, 0.25) is 0 Å². The highest BCUT2D eigenvalue weighted by molar-refractivity contribution is 5.74. The summed E-state index contributed by atoms with van der Waals surface area (Å²) in [5, 5.41) is 9.01. The van der Waals surface area contributed by atoms with Crippen LogP contribution < -0.4 is 0 Å². The molecule has 10 heavy (non-hydrogen) atoms. The fourth-order valence-electron chi connectivity index (χ4n) is 0.679. The summed E-state index contributed by atoms with van der Waals surface area (Å²) in [6.07, 6.45) is -0.489. The molecule has 0 heterocycles. The van der Waals surface area contributed by atoms with Crippen LogP contribution in [-0.4, -0.2) is 24.3 Å². The first-order chi connectivity index (χ1) is 4.57. The van der Waals surface area contributed by atoms with Gasteiger partial charge < -0.3 is 9.84 Å². The number of carbonyl (C=O) groups is 1. The molecule has 0 aromatic heterocycles. The quantitative estimate of drug-likeness (QED) is 0.592. The number of esters is 1. The molecule has 0 radical (unpaired) electrons. The van der Waals surface area contributed by atoms with Crippen molar-refractivity contribution < 1.29 is 14.6 Å². The Morgan fingerprint density at radius 3 is 2.40 bits per heavy atom. The Morgan fingerprint density at radius 2 is 2.10 bits per heavy atom. The van der Waals surface area contributed by atoms with Crippen LogP contribution in [0.25, 0.3) is 0 Å². The molecule has 1 atom stereocenters. The van der Waals surface area contributed by atoms with Gasteiger partial charge in [0.15, 0.2) is 6.10 Å². The molecule has 0 spiro atoms. The molecule has 3 nitrogen and oxygen atoms in total. The van der Waals surface area contributed by atoms with E-state index < -0.39 is 12.1 Å². The van der Waals surface area contributed by atoms with Crippen molar-refractivity contribution >= 4 is 5.97 Å². The molecule has 0 aliphatic rings. The van der Waals surface area contributed by atoms with Gasteiger partial charge >= 0.3 is 5.97 Å². The van der Waals surface area contributed by atoms with E-state index in [1.54, 1.807) is 0 Å². The highest BCUT2D eigenvalue weighted by atomic mass is 16.5. The summed E-state index contributed by atoms with van der Waals surface area (Å²) in [6.45, 7) is 3.87. The molecule has 0 unspecified atom stereocenters. The maximum absolute atomic E-state index is 10.6. The van der Waals surface area contributed by atoms with Crippen molar-refractivity contribution in [3.05, 3.63) is 0 Å². The Labute approximate surface area is 61.0 Å². The predicted molar refractivity (Wildman–Crippen MR) is 37.5 cm³/mol. The maximum Gasteiger partial charge on any atom is 0.334 e. The molecular formula is C7H14O3. The van der Waals surface area contributed by atoms with Crippen molar-refractivity contribution in [1.29, 1.82) is 0 Å². The van der Waals surface area contributed by atoms with Crippen LogP contribution in [0, 0.1) is 5.92 Å². The van der Waals surface area contributed by atoms with Gasteiger partial charge in [-0.05, 0) is 12.3 Å². The molecular weight excluding hydrogens is 132 g/mol. The van der Waals surface area contributed by atoms with Gasteiger partial charge in [-0.1, -0.05) is 13.8 Å². The Bertz CT molecular complexity index is 109. The van der Waals surface area contributed by atoms with E-state index >= 15 is 0 Å². The fraction of sp³-hybridized carbons (Fsp3) is 0.857. The maximum atomic E-state index is 10.6. The minimum Gasteiger partial charge on any atom is -0.467 e. The third-order valence-corrected chi connectivity index (χ3v) is 1.17. The Morgan fingerprint density at radius 1 is 1.60 bits per heavy atom. The molecule has 0 bridgehead atoms. The number of ether oxygens (including phenoxy) is 1. The van der Waals surface area contributed by atoms with E-state index in [0.29, 0.717) is 12.3 Å². The highest BCUT2D eigenvalue weighted by Gasteiger charge is 2.15. The SMILES string of the molecule is COC(=O)[C@@H](O)CC(C)C. The monoisotopic (exact) mass is 146 g/mol. The van der Waals surface area contributed by atoms with Crippen LogP contribution in [0.5, 0.6) is 0 Å². The average Bonchev–Trinajstić information content (AvgIpc) is 1.85. The van der Waals surface area contributed by atoms with Crippen molar-refractivity contribution in [3.8, 4) is 0 Å². The van der Waals surface area contributed by atoms with Gasteiger partial charge in [0.05, 0.1) is 7.11 Å². The molecule has 0 rings (SSSR count). The number of rotatable bonds is 3. The standard InChI is InChI=1S/C7H14O3/c1-5(2)4-6(8)7(9)10-3/h5-6,8H,4H2,1-3H3/t6-/m0/s1. The van der Waals surface area contributed by atoms with E-state index in [1.165, 1.54) is 7.11 Å². The highest BCUT2D eigenvalue weighted by Crippen LogP contribution is 2.04. The zero-order valence-corrected chi connectivity index (χ0v) is 6.63. The summed E-state index contributed by atoms with van der Waals surface area (Å²) in [4.78, 5) is 10.6. The number of hydrogen-bond acceptors (Lipinski definition) is 3. The minimum absolute atomic E-state index is 0.314. The largest absolute Gasteiger partial charge is 0.467 e. The van der Waals surface area contributed by atoms with Crippen LogP contribution in [0.4, 0.5) is 0 Å². The van der Waals surface area contributed by atoms with E-state index in [1.807, 2.05) is 13.8 Å². The van der Waals surface area contributed by atoms with Gasteiger partial charge in [-0.3, -0.25) is 0 Å². The second kappa shape index (κ2) is 4.28. The first-order valence-corrected chi connectivity index (χ1v) is 3.33. The molecule has 0 fully saturated rings. The van der Waals surface area contributed by atoms with E-state index in [9.17, 15) is 4.79 Å². The predicted octanol–water partition coefficient (Wildman–Crippen LogP) is 0.566. The molecule has 60 valence electrons. The number of aliphatic hydroxyl groups is 1. The normalized spacial score (nSPS) is 13.3. The first kappa shape index (κ1) is 9.43. The van der Waals surface area contributed by atoms with Gasteiger partial charge in [-0.2, -0.15) is 0 Å². The van der Waals surface area contributed by atoms with Crippen LogP contribution >= 0.6 is 0 Å². The van der Waals surface area contributed by atoms with Gasteiger partial charge in [0.1, 0.15) is 0 Å². The summed E-state index contributed by atoms with van der Waals surface area (Å²) in [6, 6.07) is 0. The zero-order valence-electron chi connectivity index (χ0n) is 6.63. The second-order valence-electron chi connectivity index (χ2n) is 2.67. The summed E-state index contributed by atoms with van der Waals surface area (Å²) >= 11 is 0. The van der Waals surface area contributed by atoms with E-state index in [2.05, 4.69) is 4.74 Å². The third kappa shape index (κ3) is 3.45. The van der Waals surface area contributed by atoms with Crippen molar-refractivity contribution in [1.82, 2.24) is 0 Å². The second-order valence-corrected chi connectivity index (χ2v) is 2.67. The molecule has 0 aromatic carbocycles. The van der Waals surface area contributed by atoms with Crippen molar-refractivity contribution in [2.45, 2.75) is 26.4 Å². The van der Waals surface area contributed by atoms with Crippen LogP contribution in [0.15, 0.2) is 0 Å². The van der Waals surface area contributed by atoms with Gasteiger partial charge in [-0.25, -0.2) is 4.79 Å². The Kier molecular flexibility index (Phi) is 4.03. The van der Waals surface area contributed by atoms with E-state index in [4.69, 9.17) is 5.11 Å². The lowest BCUT2D eigenvalue weighted by Crippen LogP contribution is -2.23. The van der Waals surface area contributed by atoms with Gasteiger partial charge in [-0.15, -0.1) is 0 Å². The Hall–Kier alpha value is -0.570. The molecule has 0 aliphatic heterocycles. The number of carbonyl (C=O) groups excluding carboxylic acids is 1. The van der Waals surface area contributed by atoms with Crippen molar-refractivity contribution in [3.63, 3.8) is 0 Å². The lowest BCUT2D eigenvalue weighted by molar-refractivity contribution is -0.151. The van der Waals surface area contributed by atoms with E-state index in [-0.39, 0.29) is 0 Å². The van der Waals surface area contributed by atoms with E-state index in [0.717, 1.165) is 0 Å². The van der Waals surface area contributed by atoms with Crippen LogP contribution in [0.3, 0.4) is 0 Å².